The second kappa shape index (κ2) is 6.49. The number of carbonyl (C=O) groups excluding carboxylic acids is 1. The number of esters is 1. The molecule has 2 aromatic rings. The van der Waals surface area contributed by atoms with Crippen LogP contribution in [0.3, 0.4) is 0 Å². The van der Waals surface area contributed by atoms with Crippen LogP contribution in [0.1, 0.15) is 11.3 Å². The Hall–Kier alpha value is -2.43. The quantitative estimate of drug-likeness (QED) is 0.604. The third-order valence-corrected chi connectivity index (χ3v) is 2.62. The minimum atomic E-state index is -0.404. The van der Waals surface area contributed by atoms with Gasteiger partial charge in [-0.15, -0.1) is 5.10 Å². The zero-order valence-electron chi connectivity index (χ0n) is 10.7. The van der Waals surface area contributed by atoms with E-state index in [-0.39, 0.29) is 0 Å². The third kappa shape index (κ3) is 4.06. The molecule has 5 nitrogen and oxygen atoms in total. The van der Waals surface area contributed by atoms with Gasteiger partial charge in [-0.3, -0.25) is 4.68 Å². The van der Waals surface area contributed by atoms with E-state index in [0.29, 0.717) is 5.69 Å². The van der Waals surface area contributed by atoms with Gasteiger partial charge in [-0.05, 0) is 18.1 Å². The lowest BCUT2D eigenvalue weighted by atomic mass is 10.1. The Morgan fingerprint density at radius 1 is 1.37 bits per heavy atom. The molecule has 0 N–H and O–H groups in total. The van der Waals surface area contributed by atoms with Crippen molar-refractivity contribution in [1.82, 2.24) is 15.0 Å². The minimum absolute atomic E-state index is 0.404. The van der Waals surface area contributed by atoms with Crippen LogP contribution in [0.15, 0.2) is 42.6 Å². The van der Waals surface area contributed by atoms with E-state index in [4.69, 9.17) is 0 Å². The number of hydrogen-bond acceptors (Lipinski definition) is 4. The maximum absolute atomic E-state index is 10.9. The summed E-state index contributed by atoms with van der Waals surface area (Å²) >= 11 is 0. The first-order valence-electron chi connectivity index (χ1n) is 5.98. The van der Waals surface area contributed by atoms with Crippen molar-refractivity contribution in [2.24, 2.45) is 0 Å². The van der Waals surface area contributed by atoms with Crippen molar-refractivity contribution in [3.63, 3.8) is 0 Å². The molecule has 2 rings (SSSR count). The smallest absolute Gasteiger partial charge is 0.330 e. The Bertz CT molecular complexity index is 561. The highest BCUT2D eigenvalue weighted by Crippen LogP contribution is 2.02. The predicted molar refractivity (Wildman–Crippen MR) is 71.2 cm³/mol. The van der Waals surface area contributed by atoms with Crippen LogP contribution < -0.4 is 0 Å². The number of ether oxygens (including phenoxy) is 1. The van der Waals surface area contributed by atoms with E-state index in [9.17, 15) is 4.79 Å². The number of aromatic nitrogens is 3. The normalized spacial score (nSPS) is 10.8. The fourth-order valence-electron chi connectivity index (χ4n) is 1.61. The van der Waals surface area contributed by atoms with E-state index in [0.717, 1.165) is 13.0 Å². The third-order valence-electron chi connectivity index (χ3n) is 2.62. The molecule has 19 heavy (non-hydrogen) atoms. The van der Waals surface area contributed by atoms with Crippen LogP contribution in [0.2, 0.25) is 0 Å². The van der Waals surface area contributed by atoms with Crippen LogP contribution in [0, 0.1) is 0 Å². The Kier molecular flexibility index (Phi) is 4.44. The van der Waals surface area contributed by atoms with E-state index >= 15 is 0 Å². The zero-order chi connectivity index (χ0) is 13.5. The van der Waals surface area contributed by atoms with Crippen molar-refractivity contribution in [3.8, 4) is 0 Å². The van der Waals surface area contributed by atoms with Crippen LogP contribution in [0.25, 0.3) is 6.08 Å². The average molecular weight is 257 g/mol. The van der Waals surface area contributed by atoms with Gasteiger partial charge < -0.3 is 4.74 Å². The molecule has 0 saturated heterocycles. The van der Waals surface area contributed by atoms with Crippen molar-refractivity contribution in [2.75, 3.05) is 7.11 Å². The Morgan fingerprint density at radius 3 is 2.89 bits per heavy atom. The van der Waals surface area contributed by atoms with Crippen molar-refractivity contribution >= 4 is 12.0 Å². The molecule has 0 fully saturated rings. The summed E-state index contributed by atoms with van der Waals surface area (Å²) in [5.41, 5.74) is 1.89. The summed E-state index contributed by atoms with van der Waals surface area (Å²) in [5, 5.41) is 7.95. The van der Waals surface area contributed by atoms with Crippen LogP contribution in [-0.2, 0) is 22.5 Å². The average Bonchev–Trinajstić information content (AvgIpc) is 2.91. The van der Waals surface area contributed by atoms with Crippen molar-refractivity contribution in [1.29, 1.82) is 0 Å². The van der Waals surface area contributed by atoms with Gasteiger partial charge in [0.2, 0.25) is 0 Å². The molecule has 98 valence electrons. The predicted octanol–water partition coefficient (Wildman–Crippen LogP) is 1.71. The Labute approximate surface area is 111 Å². The fourth-order valence-corrected chi connectivity index (χ4v) is 1.61. The molecule has 0 aliphatic heterocycles. The molecule has 1 aromatic heterocycles. The number of benzene rings is 1. The lowest BCUT2D eigenvalue weighted by molar-refractivity contribution is -0.134. The highest BCUT2D eigenvalue weighted by Gasteiger charge is 1.99. The molecule has 1 heterocycles. The van der Waals surface area contributed by atoms with Gasteiger partial charge in [0.25, 0.3) is 0 Å². The number of aryl methyl sites for hydroxylation is 2. The van der Waals surface area contributed by atoms with Gasteiger partial charge in [0, 0.05) is 12.6 Å². The van der Waals surface area contributed by atoms with E-state index in [1.807, 2.05) is 18.2 Å². The minimum Gasteiger partial charge on any atom is -0.466 e. The van der Waals surface area contributed by atoms with Gasteiger partial charge >= 0.3 is 5.97 Å². The van der Waals surface area contributed by atoms with Gasteiger partial charge in [-0.2, -0.15) is 0 Å². The largest absolute Gasteiger partial charge is 0.466 e. The molecule has 0 unspecified atom stereocenters. The SMILES string of the molecule is COC(=O)/C=C/c1cn(CCc2ccccc2)nn1. The summed E-state index contributed by atoms with van der Waals surface area (Å²) < 4.78 is 6.26. The molecule has 0 aliphatic carbocycles. The fraction of sp³-hybridized carbons (Fsp3) is 0.214. The lowest BCUT2D eigenvalue weighted by Gasteiger charge is -2.00. The molecule has 0 bridgehead atoms. The van der Waals surface area contributed by atoms with Crippen molar-refractivity contribution in [3.05, 3.63) is 53.9 Å². The first-order valence-corrected chi connectivity index (χ1v) is 5.98. The van der Waals surface area contributed by atoms with Gasteiger partial charge in [-0.25, -0.2) is 4.79 Å². The van der Waals surface area contributed by atoms with Gasteiger partial charge in [0.15, 0.2) is 0 Å². The van der Waals surface area contributed by atoms with Crippen molar-refractivity contribution < 1.29 is 9.53 Å². The van der Waals surface area contributed by atoms with Crippen LogP contribution in [0.4, 0.5) is 0 Å². The van der Waals surface area contributed by atoms with E-state index in [1.54, 1.807) is 17.0 Å². The summed E-state index contributed by atoms with van der Waals surface area (Å²) in [4.78, 5) is 10.9. The number of methoxy groups -OCH3 is 1. The van der Waals surface area contributed by atoms with Crippen LogP contribution >= 0.6 is 0 Å². The maximum Gasteiger partial charge on any atom is 0.330 e. The number of hydrogen-bond donors (Lipinski definition) is 0. The van der Waals surface area contributed by atoms with Crippen LogP contribution in [0.5, 0.6) is 0 Å². The molecule has 0 spiro atoms. The Balaban J connectivity index is 1.91. The highest BCUT2D eigenvalue weighted by atomic mass is 16.5. The summed E-state index contributed by atoms with van der Waals surface area (Å²) in [7, 11) is 1.34. The molecule has 0 saturated carbocycles. The molecule has 0 aliphatic rings. The molecule has 0 atom stereocenters. The second-order valence-electron chi connectivity index (χ2n) is 4.00. The number of rotatable bonds is 5. The first kappa shape index (κ1) is 13.0. The summed E-state index contributed by atoms with van der Waals surface area (Å²) in [6, 6.07) is 10.2. The summed E-state index contributed by atoms with van der Waals surface area (Å²) in [5.74, 6) is -0.404. The van der Waals surface area contributed by atoms with Crippen molar-refractivity contribution in [2.45, 2.75) is 13.0 Å². The van der Waals surface area contributed by atoms with Gasteiger partial charge in [-0.1, -0.05) is 35.5 Å². The van der Waals surface area contributed by atoms with Gasteiger partial charge in [0.05, 0.1) is 13.3 Å². The molecular formula is C14H15N3O2. The monoisotopic (exact) mass is 257 g/mol. The maximum atomic E-state index is 10.9. The highest BCUT2D eigenvalue weighted by molar-refractivity contribution is 5.86. The van der Waals surface area contributed by atoms with E-state index < -0.39 is 5.97 Å². The zero-order valence-corrected chi connectivity index (χ0v) is 10.7. The van der Waals surface area contributed by atoms with Gasteiger partial charge in [0.1, 0.15) is 5.69 Å². The molecule has 0 radical (unpaired) electrons. The lowest BCUT2D eigenvalue weighted by Crippen LogP contribution is -2.01. The summed E-state index contributed by atoms with van der Waals surface area (Å²) in [6.45, 7) is 0.753. The van der Waals surface area contributed by atoms with E-state index in [1.165, 1.54) is 18.7 Å². The standard InChI is InChI=1S/C14H15N3O2/c1-19-14(18)8-7-13-11-17(16-15-13)10-9-12-5-3-2-4-6-12/h2-8,11H,9-10H2,1H3/b8-7+. The van der Waals surface area contributed by atoms with Crippen LogP contribution in [-0.4, -0.2) is 28.1 Å². The Morgan fingerprint density at radius 2 is 2.16 bits per heavy atom. The topological polar surface area (TPSA) is 57.0 Å². The number of carbonyl (C=O) groups is 1. The summed E-state index contributed by atoms with van der Waals surface area (Å²) in [6.07, 6.45) is 5.59. The molecular weight excluding hydrogens is 242 g/mol. The number of nitrogens with zero attached hydrogens (tertiary/aromatic N) is 3. The first-order chi connectivity index (χ1) is 9.28. The molecule has 0 amide bonds. The second-order valence-corrected chi connectivity index (χ2v) is 4.00. The molecule has 5 heteroatoms. The van der Waals surface area contributed by atoms with E-state index in [2.05, 4.69) is 27.2 Å². The molecule has 1 aromatic carbocycles.